The van der Waals surface area contributed by atoms with E-state index in [0.717, 1.165) is 17.7 Å². The number of hydrogen-bond acceptors (Lipinski definition) is 8. The largest absolute Gasteiger partial charge is 0.494 e. The molecule has 166 valence electrons. The molecule has 0 saturated heterocycles. The van der Waals surface area contributed by atoms with Crippen LogP contribution < -0.4 is 14.4 Å². The van der Waals surface area contributed by atoms with E-state index in [0.29, 0.717) is 35.1 Å². The van der Waals surface area contributed by atoms with Crippen LogP contribution in [-0.2, 0) is 10.0 Å². The summed E-state index contributed by atoms with van der Waals surface area (Å²) in [5.41, 5.74) is 1.40. The Morgan fingerprint density at radius 1 is 1.19 bits per heavy atom. The summed E-state index contributed by atoms with van der Waals surface area (Å²) < 4.78 is 30.6. The fourth-order valence-electron chi connectivity index (χ4n) is 2.91. The van der Waals surface area contributed by atoms with Gasteiger partial charge in [-0.05, 0) is 49.7 Å². The second-order valence-electron chi connectivity index (χ2n) is 6.93. The molecule has 2 aromatic carbocycles. The maximum absolute atomic E-state index is 12.3. The molecule has 3 aromatic rings. The number of nitriles is 1. The normalized spacial score (nSPS) is 10.9. The predicted molar refractivity (Wildman–Crippen MR) is 124 cm³/mol. The fraction of sp³-hybridized carbons (Fsp3) is 0.227. The Labute approximate surface area is 191 Å². The van der Waals surface area contributed by atoms with E-state index >= 15 is 0 Å². The highest BCUT2D eigenvalue weighted by atomic mass is 32.2. The SMILES string of the molecule is Cc1sc(N(CCCOc2ccccc2)c2ccc(C#N)cc2)nc1C(=O)NS(C)(=O)=O. The van der Waals surface area contributed by atoms with Crippen LogP contribution in [0.25, 0.3) is 0 Å². The number of hydrogen-bond donors (Lipinski definition) is 1. The van der Waals surface area contributed by atoms with Crippen molar-refractivity contribution in [3.05, 3.63) is 70.7 Å². The molecule has 1 N–H and O–H groups in total. The number of nitrogens with one attached hydrogen (secondary N) is 1. The van der Waals surface area contributed by atoms with E-state index in [1.54, 1.807) is 19.1 Å². The van der Waals surface area contributed by atoms with Crippen LogP contribution in [0.2, 0.25) is 0 Å². The van der Waals surface area contributed by atoms with Crippen molar-refractivity contribution in [2.75, 3.05) is 24.3 Å². The number of thiazole rings is 1. The maximum Gasteiger partial charge on any atom is 0.284 e. The van der Waals surface area contributed by atoms with Gasteiger partial charge in [-0.2, -0.15) is 5.26 Å². The van der Waals surface area contributed by atoms with E-state index in [1.165, 1.54) is 11.3 Å². The number of carbonyl (C=O) groups excluding carboxylic acids is 1. The van der Waals surface area contributed by atoms with Crippen molar-refractivity contribution in [1.29, 1.82) is 5.26 Å². The van der Waals surface area contributed by atoms with Crippen molar-refractivity contribution < 1.29 is 17.9 Å². The molecule has 0 radical (unpaired) electrons. The molecular weight excluding hydrogens is 448 g/mol. The molecule has 0 aliphatic carbocycles. The number of para-hydroxylation sites is 1. The van der Waals surface area contributed by atoms with Gasteiger partial charge in [-0.1, -0.05) is 18.2 Å². The Bertz CT molecular complexity index is 1220. The van der Waals surface area contributed by atoms with Crippen molar-refractivity contribution in [3.8, 4) is 11.8 Å². The van der Waals surface area contributed by atoms with Crippen LogP contribution in [0.1, 0.15) is 27.3 Å². The lowest BCUT2D eigenvalue weighted by atomic mass is 10.2. The molecule has 32 heavy (non-hydrogen) atoms. The standard InChI is InChI=1S/C22H22N4O4S2/c1-16-20(21(27)25-32(2,28)29)24-22(31-16)26(18-11-9-17(15-23)10-12-18)13-6-14-30-19-7-4-3-5-8-19/h3-5,7-12H,6,13-14H2,1-2H3,(H,25,27). The third-order valence-corrected chi connectivity index (χ3v) is 5.91. The molecule has 1 aromatic heterocycles. The summed E-state index contributed by atoms with van der Waals surface area (Å²) in [7, 11) is -3.70. The molecule has 0 spiro atoms. The average molecular weight is 471 g/mol. The number of anilines is 2. The van der Waals surface area contributed by atoms with Crippen LogP contribution in [0.15, 0.2) is 54.6 Å². The number of aryl methyl sites for hydroxylation is 1. The minimum Gasteiger partial charge on any atom is -0.494 e. The van der Waals surface area contributed by atoms with E-state index in [9.17, 15) is 13.2 Å². The van der Waals surface area contributed by atoms with Gasteiger partial charge in [0.2, 0.25) is 10.0 Å². The van der Waals surface area contributed by atoms with Gasteiger partial charge in [0.1, 0.15) is 11.4 Å². The van der Waals surface area contributed by atoms with Gasteiger partial charge in [0, 0.05) is 17.1 Å². The first-order valence-corrected chi connectivity index (χ1v) is 12.4. The number of nitrogens with zero attached hydrogens (tertiary/aromatic N) is 3. The Balaban J connectivity index is 1.81. The first-order valence-electron chi connectivity index (χ1n) is 9.72. The zero-order valence-corrected chi connectivity index (χ0v) is 19.2. The first kappa shape index (κ1) is 23.2. The van der Waals surface area contributed by atoms with Gasteiger partial charge < -0.3 is 9.64 Å². The Morgan fingerprint density at radius 3 is 2.50 bits per heavy atom. The Hall–Kier alpha value is -3.42. The molecule has 8 nitrogen and oxygen atoms in total. The second kappa shape index (κ2) is 10.3. The molecule has 0 unspecified atom stereocenters. The topological polar surface area (TPSA) is 112 Å². The van der Waals surface area contributed by atoms with Crippen LogP contribution in [0.3, 0.4) is 0 Å². The van der Waals surface area contributed by atoms with Gasteiger partial charge >= 0.3 is 0 Å². The fourth-order valence-corrected chi connectivity index (χ4v) is 4.29. The van der Waals surface area contributed by atoms with Crippen LogP contribution in [0.4, 0.5) is 10.8 Å². The van der Waals surface area contributed by atoms with E-state index in [-0.39, 0.29) is 5.69 Å². The number of amides is 1. The molecule has 1 amide bonds. The summed E-state index contributed by atoms with van der Waals surface area (Å²) in [6.07, 6.45) is 1.59. The quantitative estimate of drug-likeness (QED) is 0.475. The number of aromatic nitrogens is 1. The molecule has 0 bridgehead atoms. The van der Waals surface area contributed by atoms with Crippen molar-refractivity contribution in [2.45, 2.75) is 13.3 Å². The summed E-state index contributed by atoms with van der Waals surface area (Å²) in [4.78, 5) is 19.3. The van der Waals surface area contributed by atoms with Crippen molar-refractivity contribution >= 4 is 38.1 Å². The summed E-state index contributed by atoms with van der Waals surface area (Å²) >= 11 is 1.29. The minimum absolute atomic E-state index is 0.0644. The van der Waals surface area contributed by atoms with Gasteiger partial charge in [0.15, 0.2) is 5.13 Å². The maximum atomic E-state index is 12.3. The molecule has 0 atom stereocenters. The lowest BCUT2D eigenvalue weighted by Gasteiger charge is -2.22. The van der Waals surface area contributed by atoms with Crippen molar-refractivity contribution in [3.63, 3.8) is 0 Å². The number of ether oxygens (including phenoxy) is 1. The smallest absolute Gasteiger partial charge is 0.284 e. The van der Waals surface area contributed by atoms with Gasteiger partial charge in [-0.15, -0.1) is 11.3 Å². The minimum atomic E-state index is -3.70. The average Bonchev–Trinajstić information content (AvgIpc) is 3.15. The highest BCUT2D eigenvalue weighted by Crippen LogP contribution is 2.32. The van der Waals surface area contributed by atoms with Crippen molar-refractivity contribution in [2.24, 2.45) is 0 Å². The summed E-state index contributed by atoms with van der Waals surface area (Å²) in [6.45, 7) is 2.73. The van der Waals surface area contributed by atoms with Crippen molar-refractivity contribution in [1.82, 2.24) is 9.71 Å². The molecule has 0 aliphatic rings. The molecular formula is C22H22N4O4S2. The Morgan fingerprint density at radius 2 is 1.88 bits per heavy atom. The number of rotatable bonds is 9. The number of sulfonamides is 1. The van der Waals surface area contributed by atoms with E-state index < -0.39 is 15.9 Å². The Kier molecular flexibility index (Phi) is 7.45. The van der Waals surface area contributed by atoms with Gasteiger partial charge in [0.25, 0.3) is 5.91 Å². The molecule has 1 heterocycles. The van der Waals surface area contributed by atoms with Crippen LogP contribution in [0.5, 0.6) is 5.75 Å². The van der Waals surface area contributed by atoms with E-state index in [2.05, 4.69) is 11.1 Å². The molecule has 3 rings (SSSR count). The van der Waals surface area contributed by atoms with Crippen LogP contribution >= 0.6 is 11.3 Å². The lowest BCUT2D eigenvalue weighted by molar-refractivity contribution is 0.0977. The molecule has 10 heteroatoms. The molecule has 0 aliphatic heterocycles. The lowest BCUT2D eigenvalue weighted by Crippen LogP contribution is -2.30. The number of benzene rings is 2. The zero-order chi connectivity index (χ0) is 23.1. The van der Waals surface area contributed by atoms with Gasteiger partial charge in [-0.25, -0.2) is 18.1 Å². The van der Waals surface area contributed by atoms with Crippen LogP contribution in [-0.4, -0.2) is 38.7 Å². The zero-order valence-electron chi connectivity index (χ0n) is 17.6. The number of carbonyl (C=O) groups is 1. The summed E-state index contributed by atoms with van der Waals surface area (Å²) in [6, 6.07) is 18.6. The molecule has 0 saturated carbocycles. The summed E-state index contributed by atoms with van der Waals surface area (Å²) in [5.74, 6) is 0.0157. The highest BCUT2D eigenvalue weighted by Gasteiger charge is 2.22. The second-order valence-corrected chi connectivity index (χ2v) is 9.86. The van der Waals surface area contributed by atoms with Gasteiger partial charge in [0.05, 0.1) is 24.5 Å². The predicted octanol–water partition coefficient (Wildman–Crippen LogP) is 3.62. The third-order valence-electron chi connectivity index (χ3n) is 4.36. The van der Waals surface area contributed by atoms with E-state index in [1.807, 2.05) is 52.1 Å². The highest BCUT2D eigenvalue weighted by molar-refractivity contribution is 7.89. The third kappa shape index (κ3) is 6.29. The van der Waals surface area contributed by atoms with Gasteiger partial charge in [-0.3, -0.25) is 4.79 Å². The first-order chi connectivity index (χ1) is 15.3. The van der Waals surface area contributed by atoms with Crippen LogP contribution in [0, 0.1) is 18.3 Å². The van der Waals surface area contributed by atoms with E-state index in [4.69, 9.17) is 10.00 Å². The molecule has 0 fully saturated rings. The monoisotopic (exact) mass is 470 g/mol. The summed E-state index contributed by atoms with van der Waals surface area (Å²) in [5, 5.41) is 9.62.